The van der Waals surface area contributed by atoms with Gasteiger partial charge in [-0.2, -0.15) is 0 Å². The fraction of sp³-hybridized carbons (Fsp3) is 0.833. The highest BCUT2D eigenvalue weighted by Crippen LogP contribution is 2.14. The summed E-state index contributed by atoms with van der Waals surface area (Å²) in [4.78, 5) is 10.0. The first-order valence-electron chi connectivity index (χ1n) is 3.19. The molecule has 0 radical (unpaired) electrons. The molecule has 4 heteroatoms. The van der Waals surface area contributed by atoms with E-state index < -0.39 is 5.97 Å². The lowest BCUT2D eigenvalue weighted by molar-refractivity contribution is -0.152. The summed E-state index contributed by atoms with van der Waals surface area (Å²) in [6.45, 7) is 3.20. The van der Waals surface area contributed by atoms with E-state index in [1.807, 2.05) is 6.92 Å². The Morgan fingerprint density at radius 1 is 1.80 bits per heavy atom. The molecule has 4 nitrogen and oxygen atoms in total. The van der Waals surface area contributed by atoms with Gasteiger partial charge in [0, 0.05) is 13.1 Å². The molecule has 0 aliphatic carbocycles. The lowest BCUT2D eigenvalue weighted by Gasteiger charge is -2.38. The van der Waals surface area contributed by atoms with Crippen molar-refractivity contribution in [2.75, 3.05) is 19.7 Å². The molecular weight excluding hydrogens is 134 g/mol. The number of rotatable bonds is 3. The first-order chi connectivity index (χ1) is 4.62. The second-order valence-electron chi connectivity index (χ2n) is 2.74. The third-order valence-corrected chi connectivity index (χ3v) is 1.54. The van der Waals surface area contributed by atoms with Crippen molar-refractivity contribution in [1.82, 2.24) is 5.32 Å². The molecule has 0 aromatic carbocycles. The number of carboxylic acid groups (broad SMARTS) is 1. The Balaban J connectivity index is 2.18. The van der Waals surface area contributed by atoms with Gasteiger partial charge in [0.2, 0.25) is 0 Å². The summed E-state index contributed by atoms with van der Waals surface area (Å²) in [5.41, 5.74) is -0.238. The monoisotopic (exact) mass is 145 g/mol. The van der Waals surface area contributed by atoms with Crippen molar-refractivity contribution in [2.24, 2.45) is 0 Å². The van der Waals surface area contributed by atoms with Gasteiger partial charge in [-0.25, -0.2) is 4.79 Å². The molecule has 0 aromatic rings. The van der Waals surface area contributed by atoms with Gasteiger partial charge in [-0.1, -0.05) is 0 Å². The van der Waals surface area contributed by atoms with Crippen LogP contribution >= 0.6 is 0 Å². The first kappa shape index (κ1) is 7.50. The minimum Gasteiger partial charge on any atom is -0.480 e. The van der Waals surface area contributed by atoms with Crippen LogP contribution in [-0.4, -0.2) is 36.4 Å². The molecular formula is C6H11NO3. The minimum absolute atomic E-state index is 0.196. The molecule has 0 amide bonds. The highest BCUT2D eigenvalue weighted by Gasteiger charge is 2.32. The van der Waals surface area contributed by atoms with Gasteiger partial charge in [0.05, 0.1) is 5.60 Å². The maximum Gasteiger partial charge on any atom is 0.329 e. The summed E-state index contributed by atoms with van der Waals surface area (Å²) in [5, 5.41) is 11.3. The molecule has 0 atom stereocenters. The van der Waals surface area contributed by atoms with Crippen LogP contribution in [0.25, 0.3) is 0 Å². The van der Waals surface area contributed by atoms with Gasteiger partial charge in [-0.15, -0.1) is 0 Å². The molecule has 0 aromatic heterocycles. The van der Waals surface area contributed by atoms with E-state index >= 15 is 0 Å². The van der Waals surface area contributed by atoms with Crippen LogP contribution in [0.2, 0.25) is 0 Å². The standard InChI is InChI=1S/C6H11NO3/c1-6(3-7-4-6)10-2-5(8)9/h7H,2-4H2,1H3,(H,8,9). The molecule has 1 saturated heterocycles. The van der Waals surface area contributed by atoms with Crippen molar-refractivity contribution >= 4 is 5.97 Å². The zero-order valence-corrected chi connectivity index (χ0v) is 5.89. The van der Waals surface area contributed by atoms with E-state index in [9.17, 15) is 4.79 Å². The number of hydrogen-bond acceptors (Lipinski definition) is 3. The van der Waals surface area contributed by atoms with Crippen molar-refractivity contribution < 1.29 is 14.6 Å². The Morgan fingerprint density at radius 2 is 2.40 bits per heavy atom. The molecule has 1 rings (SSSR count). The molecule has 0 unspecified atom stereocenters. The normalized spacial score (nSPS) is 21.7. The lowest BCUT2D eigenvalue weighted by Crippen LogP contribution is -2.59. The van der Waals surface area contributed by atoms with E-state index in [1.165, 1.54) is 0 Å². The zero-order valence-electron chi connectivity index (χ0n) is 5.89. The molecule has 1 heterocycles. The summed E-state index contributed by atoms with van der Waals surface area (Å²) in [6, 6.07) is 0. The average Bonchev–Trinajstić information content (AvgIpc) is 1.79. The number of hydrogen-bond donors (Lipinski definition) is 2. The zero-order chi connectivity index (χ0) is 7.61. The van der Waals surface area contributed by atoms with Crippen molar-refractivity contribution in [2.45, 2.75) is 12.5 Å². The Labute approximate surface area is 59.2 Å². The molecule has 1 fully saturated rings. The van der Waals surface area contributed by atoms with Crippen LogP contribution < -0.4 is 5.32 Å². The van der Waals surface area contributed by atoms with Crippen molar-refractivity contribution in [3.63, 3.8) is 0 Å². The van der Waals surface area contributed by atoms with Gasteiger partial charge in [-0.3, -0.25) is 0 Å². The molecule has 2 N–H and O–H groups in total. The van der Waals surface area contributed by atoms with E-state index in [0.717, 1.165) is 13.1 Å². The van der Waals surface area contributed by atoms with E-state index in [2.05, 4.69) is 5.32 Å². The van der Waals surface area contributed by atoms with Crippen LogP contribution in [0.4, 0.5) is 0 Å². The van der Waals surface area contributed by atoms with Gasteiger partial charge >= 0.3 is 5.97 Å². The van der Waals surface area contributed by atoms with Gasteiger partial charge in [0.1, 0.15) is 6.61 Å². The van der Waals surface area contributed by atoms with E-state index in [1.54, 1.807) is 0 Å². The number of aliphatic carboxylic acids is 1. The number of nitrogens with one attached hydrogen (secondary N) is 1. The van der Waals surface area contributed by atoms with Crippen LogP contribution in [0.1, 0.15) is 6.92 Å². The second-order valence-corrected chi connectivity index (χ2v) is 2.74. The highest BCUT2D eigenvalue weighted by molar-refractivity contribution is 5.68. The van der Waals surface area contributed by atoms with Gasteiger partial charge in [0.25, 0.3) is 0 Å². The molecule has 0 bridgehead atoms. The lowest BCUT2D eigenvalue weighted by atomic mass is 10.0. The summed E-state index contributed by atoms with van der Waals surface area (Å²) in [6.07, 6.45) is 0. The summed E-state index contributed by atoms with van der Waals surface area (Å²) >= 11 is 0. The Bertz CT molecular complexity index is 142. The van der Waals surface area contributed by atoms with E-state index in [4.69, 9.17) is 9.84 Å². The summed E-state index contributed by atoms with van der Waals surface area (Å²) in [5.74, 6) is -0.909. The third kappa shape index (κ3) is 1.68. The maximum atomic E-state index is 10.0. The Kier molecular flexibility index (Phi) is 1.92. The van der Waals surface area contributed by atoms with Crippen LogP contribution in [0.15, 0.2) is 0 Å². The highest BCUT2D eigenvalue weighted by atomic mass is 16.5. The quantitative estimate of drug-likeness (QED) is 0.559. The first-order valence-corrected chi connectivity index (χ1v) is 3.19. The fourth-order valence-corrected chi connectivity index (χ4v) is 0.815. The molecule has 0 spiro atoms. The predicted octanol–water partition coefficient (Wildman–Crippen LogP) is -0.551. The smallest absolute Gasteiger partial charge is 0.329 e. The topological polar surface area (TPSA) is 58.6 Å². The van der Waals surface area contributed by atoms with Crippen LogP contribution in [0.5, 0.6) is 0 Å². The summed E-state index contributed by atoms with van der Waals surface area (Å²) in [7, 11) is 0. The minimum atomic E-state index is -0.909. The van der Waals surface area contributed by atoms with Crippen LogP contribution in [-0.2, 0) is 9.53 Å². The Morgan fingerprint density at radius 3 is 2.70 bits per heavy atom. The molecule has 10 heavy (non-hydrogen) atoms. The fourth-order valence-electron chi connectivity index (χ4n) is 0.815. The Hall–Kier alpha value is -0.610. The number of carboxylic acids is 1. The molecule has 0 saturated carbocycles. The van der Waals surface area contributed by atoms with Gasteiger partial charge < -0.3 is 15.2 Å². The number of carbonyl (C=O) groups is 1. The molecule has 1 aliphatic rings. The van der Waals surface area contributed by atoms with Crippen molar-refractivity contribution in [1.29, 1.82) is 0 Å². The predicted molar refractivity (Wildman–Crippen MR) is 34.9 cm³/mol. The van der Waals surface area contributed by atoms with E-state index in [0.29, 0.717) is 0 Å². The van der Waals surface area contributed by atoms with Gasteiger partial charge in [-0.05, 0) is 6.92 Å². The van der Waals surface area contributed by atoms with Crippen molar-refractivity contribution in [3.05, 3.63) is 0 Å². The molecule has 1 aliphatic heterocycles. The number of ether oxygens (including phenoxy) is 1. The van der Waals surface area contributed by atoms with Gasteiger partial charge in [0.15, 0.2) is 0 Å². The average molecular weight is 145 g/mol. The third-order valence-electron chi connectivity index (χ3n) is 1.54. The molecule has 58 valence electrons. The second kappa shape index (κ2) is 2.56. The SMILES string of the molecule is CC1(OCC(=O)O)CNC1. The van der Waals surface area contributed by atoms with Crippen LogP contribution in [0.3, 0.4) is 0 Å². The largest absolute Gasteiger partial charge is 0.480 e. The van der Waals surface area contributed by atoms with E-state index in [-0.39, 0.29) is 12.2 Å². The maximum absolute atomic E-state index is 10.0. The van der Waals surface area contributed by atoms with Crippen molar-refractivity contribution in [3.8, 4) is 0 Å². The van der Waals surface area contributed by atoms with Crippen LogP contribution in [0, 0.1) is 0 Å². The summed E-state index contributed by atoms with van der Waals surface area (Å²) < 4.78 is 5.06.